The monoisotopic (exact) mass is 129 g/mol. The van der Waals surface area contributed by atoms with Crippen molar-refractivity contribution < 1.29 is 15.0 Å². The van der Waals surface area contributed by atoms with Crippen LogP contribution in [0.4, 0.5) is 0 Å². The normalized spacial score (nSPS) is 34.8. The summed E-state index contributed by atoms with van der Waals surface area (Å²) >= 11 is 0. The Kier molecular flexibility index (Phi) is 1.71. The van der Waals surface area contributed by atoms with Gasteiger partial charge < -0.3 is 10.2 Å². The van der Waals surface area contributed by atoms with Crippen LogP contribution in [0.15, 0.2) is 0 Å². The van der Waals surface area contributed by atoms with Gasteiger partial charge in [-0.1, -0.05) is 0 Å². The Morgan fingerprint density at radius 3 is 2.56 bits per heavy atom. The van der Waals surface area contributed by atoms with E-state index in [-0.39, 0.29) is 0 Å². The van der Waals surface area contributed by atoms with E-state index in [9.17, 15) is 4.79 Å². The van der Waals surface area contributed by atoms with E-state index in [1.54, 1.807) is 6.42 Å². The molecule has 0 bridgehead atoms. The molecular weight excluding hydrogens is 120 g/mol. The summed E-state index contributed by atoms with van der Waals surface area (Å²) in [7, 11) is 0. The number of carbonyl (C=O) groups is 1. The highest BCUT2D eigenvalue weighted by Crippen LogP contribution is 2.23. The lowest BCUT2D eigenvalue weighted by molar-refractivity contribution is -0.140. The summed E-state index contributed by atoms with van der Waals surface area (Å²) in [5, 5.41) is 17.2. The summed E-state index contributed by atoms with van der Waals surface area (Å²) in [6.45, 7) is 0. The number of aliphatic hydroxyl groups is 1. The highest BCUT2D eigenvalue weighted by atomic mass is 16.4. The highest BCUT2D eigenvalue weighted by molar-refractivity contribution is 5.72. The van der Waals surface area contributed by atoms with Gasteiger partial charge in [0.1, 0.15) is 0 Å². The number of carboxylic acids is 1. The molecular formula is C6H9O3. The second kappa shape index (κ2) is 2.35. The molecule has 0 heterocycles. The first-order chi connectivity index (χ1) is 4.20. The third-order valence-corrected chi connectivity index (χ3v) is 1.54. The maximum Gasteiger partial charge on any atom is 0.306 e. The fourth-order valence-corrected chi connectivity index (χ4v) is 1.01. The minimum Gasteiger partial charge on any atom is -0.481 e. The summed E-state index contributed by atoms with van der Waals surface area (Å²) in [6, 6.07) is 0. The Bertz CT molecular complexity index is 121. The van der Waals surface area contributed by atoms with Crippen molar-refractivity contribution in [1.82, 2.24) is 0 Å². The molecule has 0 amide bonds. The van der Waals surface area contributed by atoms with Crippen LogP contribution < -0.4 is 0 Å². The lowest BCUT2D eigenvalue weighted by atomic mass is 10.1. The second-order valence-corrected chi connectivity index (χ2v) is 2.31. The Morgan fingerprint density at radius 1 is 1.67 bits per heavy atom. The Morgan fingerprint density at radius 2 is 2.33 bits per heavy atom. The summed E-state index contributed by atoms with van der Waals surface area (Å²) in [4.78, 5) is 10.2. The zero-order chi connectivity index (χ0) is 6.85. The van der Waals surface area contributed by atoms with Crippen LogP contribution in [-0.4, -0.2) is 22.3 Å². The molecule has 0 aromatic carbocycles. The number of carboxylic acid groups (broad SMARTS) is 1. The van der Waals surface area contributed by atoms with Crippen LogP contribution in [0.5, 0.6) is 0 Å². The predicted molar refractivity (Wildman–Crippen MR) is 30.7 cm³/mol. The number of hydrogen-bond donors (Lipinski definition) is 2. The van der Waals surface area contributed by atoms with Gasteiger partial charge in [0.15, 0.2) is 0 Å². The van der Waals surface area contributed by atoms with Crippen molar-refractivity contribution in [3.05, 3.63) is 6.42 Å². The average Bonchev–Trinajstić information content (AvgIpc) is 2.14. The molecule has 0 aromatic rings. The van der Waals surface area contributed by atoms with E-state index < -0.39 is 18.0 Å². The zero-order valence-electron chi connectivity index (χ0n) is 4.95. The lowest BCUT2D eigenvalue weighted by Gasteiger charge is -1.99. The maximum atomic E-state index is 10.2. The molecule has 2 atom stereocenters. The van der Waals surface area contributed by atoms with E-state index in [0.717, 1.165) is 0 Å². The number of hydrogen-bond acceptors (Lipinski definition) is 2. The SMILES string of the molecule is O=C(O)[C@H]1[CH]C[C@H](O)C1. The van der Waals surface area contributed by atoms with Crippen molar-refractivity contribution in [2.45, 2.75) is 18.9 Å². The lowest BCUT2D eigenvalue weighted by Crippen LogP contribution is -2.10. The molecule has 1 radical (unpaired) electrons. The Balaban J connectivity index is 2.39. The molecule has 1 saturated carbocycles. The first kappa shape index (κ1) is 6.55. The molecule has 0 aliphatic heterocycles. The van der Waals surface area contributed by atoms with Gasteiger partial charge in [0.2, 0.25) is 0 Å². The summed E-state index contributed by atoms with van der Waals surface area (Å²) in [5.74, 6) is -1.24. The van der Waals surface area contributed by atoms with E-state index in [2.05, 4.69) is 0 Å². The van der Waals surface area contributed by atoms with Gasteiger partial charge in [-0.15, -0.1) is 0 Å². The van der Waals surface area contributed by atoms with Crippen molar-refractivity contribution in [2.24, 2.45) is 5.92 Å². The number of aliphatic hydroxyl groups excluding tert-OH is 1. The van der Waals surface area contributed by atoms with E-state index in [0.29, 0.717) is 12.8 Å². The van der Waals surface area contributed by atoms with Gasteiger partial charge in [-0.2, -0.15) is 0 Å². The first-order valence-corrected chi connectivity index (χ1v) is 2.94. The van der Waals surface area contributed by atoms with Gasteiger partial charge in [-0.25, -0.2) is 0 Å². The van der Waals surface area contributed by atoms with Crippen LogP contribution in [0.25, 0.3) is 0 Å². The van der Waals surface area contributed by atoms with Gasteiger partial charge >= 0.3 is 5.97 Å². The molecule has 3 nitrogen and oxygen atoms in total. The zero-order valence-corrected chi connectivity index (χ0v) is 4.95. The highest BCUT2D eigenvalue weighted by Gasteiger charge is 2.28. The van der Waals surface area contributed by atoms with Crippen LogP contribution >= 0.6 is 0 Å². The summed E-state index contributed by atoms with van der Waals surface area (Å²) < 4.78 is 0. The van der Waals surface area contributed by atoms with Gasteiger partial charge in [-0.3, -0.25) is 4.79 Å². The average molecular weight is 129 g/mol. The summed E-state index contributed by atoms with van der Waals surface area (Å²) in [5.41, 5.74) is 0. The molecule has 9 heavy (non-hydrogen) atoms. The number of aliphatic carboxylic acids is 1. The van der Waals surface area contributed by atoms with Crippen LogP contribution in [0.1, 0.15) is 12.8 Å². The van der Waals surface area contributed by atoms with Gasteiger partial charge in [0, 0.05) is 0 Å². The van der Waals surface area contributed by atoms with E-state index in [1.165, 1.54) is 0 Å². The van der Waals surface area contributed by atoms with E-state index in [1.807, 2.05) is 0 Å². The van der Waals surface area contributed by atoms with Gasteiger partial charge in [-0.05, 0) is 19.3 Å². The minimum atomic E-state index is -0.827. The van der Waals surface area contributed by atoms with Crippen molar-refractivity contribution >= 4 is 5.97 Å². The quantitative estimate of drug-likeness (QED) is 0.525. The minimum absolute atomic E-state index is 0.384. The van der Waals surface area contributed by atoms with Crippen molar-refractivity contribution in [2.75, 3.05) is 0 Å². The molecule has 1 rings (SSSR count). The fourth-order valence-electron chi connectivity index (χ4n) is 1.01. The Hall–Kier alpha value is -0.570. The third kappa shape index (κ3) is 1.42. The van der Waals surface area contributed by atoms with E-state index >= 15 is 0 Å². The predicted octanol–water partition coefficient (Wildman–Crippen LogP) is 0.0462. The molecule has 0 unspecified atom stereocenters. The summed E-state index contributed by atoms with van der Waals surface area (Å²) in [6.07, 6.45) is 2.13. The van der Waals surface area contributed by atoms with Crippen LogP contribution in [0.2, 0.25) is 0 Å². The molecule has 0 aromatic heterocycles. The molecule has 0 saturated heterocycles. The van der Waals surface area contributed by atoms with Gasteiger partial charge in [0.05, 0.1) is 12.0 Å². The smallest absolute Gasteiger partial charge is 0.306 e. The third-order valence-electron chi connectivity index (χ3n) is 1.54. The largest absolute Gasteiger partial charge is 0.481 e. The fraction of sp³-hybridized carbons (Fsp3) is 0.667. The molecule has 1 aliphatic carbocycles. The van der Waals surface area contributed by atoms with Crippen molar-refractivity contribution in [3.63, 3.8) is 0 Å². The van der Waals surface area contributed by atoms with Crippen molar-refractivity contribution in [3.8, 4) is 0 Å². The topological polar surface area (TPSA) is 57.5 Å². The number of rotatable bonds is 1. The van der Waals surface area contributed by atoms with E-state index in [4.69, 9.17) is 10.2 Å². The van der Waals surface area contributed by atoms with Gasteiger partial charge in [0.25, 0.3) is 0 Å². The Labute approximate surface area is 53.3 Å². The van der Waals surface area contributed by atoms with Crippen molar-refractivity contribution in [1.29, 1.82) is 0 Å². The van der Waals surface area contributed by atoms with Crippen LogP contribution in [0.3, 0.4) is 0 Å². The van der Waals surface area contributed by atoms with Crippen LogP contribution in [0, 0.1) is 12.3 Å². The van der Waals surface area contributed by atoms with Crippen LogP contribution in [-0.2, 0) is 4.79 Å². The molecule has 1 fully saturated rings. The second-order valence-electron chi connectivity index (χ2n) is 2.31. The first-order valence-electron chi connectivity index (χ1n) is 2.94. The standard InChI is InChI=1S/C6H9O3/c7-5-2-1-4(3-5)6(8)9/h1,4-5,7H,2-3H2,(H,8,9)/t4-,5-/m0/s1. The molecule has 3 heteroatoms. The molecule has 2 N–H and O–H groups in total. The molecule has 1 aliphatic rings. The molecule has 51 valence electrons. The molecule has 0 spiro atoms. The maximum absolute atomic E-state index is 10.2.